The summed E-state index contributed by atoms with van der Waals surface area (Å²) in [6.45, 7) is 24.0. The first-order valence-corrected chi connectivity index (χ1v) is 50.6. The minimum Gasteiger partial charge on any atom is -0.309 e. The van der Waals surface area contributed by atoms with Crippen molar-refractivity contribution in [3.05, 3.63) is 310 Å². The fourth-order valence-corrected chi connectivity index (χ4v) is 23.7. The average Bonchev–Trinajstić information content (AvgIpc) is 1.29. The maximum Gasteiger partial charge on any atom is 0.0619 e. The molecule has 0 spiro atoms. The summed E-state index contributed by atoms with van der Waals surface area (Å²) < 4.78 is 0. The zero-order valence-electron chi connectivity index (χ0n) is 78.6. The molecule has 126 heavy (non-hydrogen) atoms. The topological polar surface area (TPSA) is 6.48 Å². The highest BCUT2D eigenvalue weighted by atomic mass is 15.2. The van der Waals surface area contributed by atoms with Gasteiger partial charge < -0.3 is 9.80 Å². The molecule has 0 saturated heterocycles. The molecule has 0 aromatic heterocycles. The van der Waals surface area contributed by atoms with Crippen LogP contribution in [0.1, 0.15) is 343 Å². The molecule has 0 fully saturated rings. The van der Waals surface area contributed by atoms with Gasteiger partial charge in [-0.15, -0.1) is 0 Å². The fraction of sp³-hybridized carbons (Fsp3) is 0.403. The van der Waals surface area contributed by atoms with Crippen molar-refractivity contribution in [1.82, 2.24) is 0 Å². The van der Waals surface area contributed by atoms with Crippen molar-refractivity contribution in [3.63, 3.8) is 0 Å². The lowest BCUT2D eigenvalue weighted by atomic mass is 9.70. The van der Waals surface area contributed by atoms with E-state index < -0.39 is 0 Å². The van der Waals surface area contributed by atoms with E-state index in [0.717, 1.165) is 12.8 Å². The molecule has 0 radical (unpaired) electrons. The number of aryl methyl sites for hydroxylation is 2. The third-order valence-electron chi connectivity index (χ3n) is 30.7. The summed E-state index contributed by atoms with van der Waals surface area (Å²) >= 11 is 0. The first-order valence-electron chi connectivity index (χ1n) is 50.6. The molecule has 0 bridgehead atoms. The fourth-order valence-electron chi connectivity index (χ4n) is 23.7. The second-order valence-electron chi connectivity index (χ2n) is 39.8. The SMILES string of the molecule is CCCCCCCc1ccc(N(c2ccc3c(c2)C(C)(C)c2cc(-c4ccc5c(c4)C(CCCCCCC)(CCCCCCC)c4ccccc4-5)ccc2-3)c2c3ccccc3c(N(c3ccc(CCCCCCC)cc3)c3ccc4c(c3)C(C)(C)c3cc(-c5ccc6c(c5)C(CCCCCCC)(CCCCCCC)c5ccccc5-6)ccc3-4)c3ccccc23)cc1. The molecular formula is C124H144N2. The van der Waals surface area contributed by atoms with Crippen molar-refractivity contribution in [2.75, 3.05) is 9.80 Å². The molecule has 0 atom stereocenters. The average molecular weight is 1660 g/mol. The third-order valence-corrected chi connectivity index (χ3v) is 30.7. The Hall–Kier alpha value is -10.0. The number of nitrogens with zero attached hydrogens (tertiary/aromatic N) is 2. The van der Waals surface area contributed by atoms with Crippen molar-refractivity contribution < 1.29 is 0 Å². The van der Waals surface area contributed by atoms with E-state index in [0.29, 0.717) is 0 Å². The minimum atomic E-state index is -0.298. The quantitative estimate of drug-likeness (QED) is 0.0213. The summed E-state index contributed by atoms with van der Waals surface area (Å²) in [7, 11) is 0. The van der Waals surface area contributed by atoms with Crippen LogP contribution in [0.2, 0.25) is 0 Å². The highest BCUT2D eigenvalue weighted by Gasteiger charge is 2.46. The van der Waals surface area contributed by atoms with Crippen molar-refractivity contribution in [2.45, 2.75) is 322 Å². The van der Waals surface area contributed by atoms with E-state index in [2.05, 4.69) is 334 Å². The molecule has 0 unspecified atom stereocenters. The van der Waals surface area contributed by atoms with Gasteiger partial charge in [0.15, 0.2) is 0 Å². The normalized spacial score (nSPS) is 14.2. The van der Waals surface area contributed by atoms with Gasteiger partial charge in [-0.05, 0) is 247 Å². The van der Waals surface area contributed by atoms with Gasteiger partial charge in [-0.3, -0.25) is 0 Å². The Labute approximate surface area is 759 Å². The van der Waals surface area contributed by atoms with Gasteiger partial charge in [0.25, 0.3) is 0 Å². The predicted molar refractivity (Wildman–Crippen MR) is 548 cm³/mol. The number of fused-ring (bicyclic) bond motifs is 14. The van der Waals surface area contributed by atoms with Crippen molar-refractivity contribution in [3.8, 4) is 66.8 Å². The Bertz CT molecular complexity index is 5470. The number of hydrogen-bond donors (Lipinski definition) is 0. The van der Waals surface area contributed by atoms with Crippen LogP contribution < -0.4 is 9.80 Å². The Morgan fingerprint density at radius 2 is 0.437 bits per heavy atom. The second kappa shape index (κ2) is 39.7. The first-order chi connectivity index (χ1) is 61.8. The van der Waals surface area contributed by atoms with Gasteiger partial charge in [-0.2, -0.15) is 0 Å². The van der Waals surface area contributed by atoms with Crippen LogP contribution in [0, 0.1) is 0 Å². The summed E-state index contributed by atoms with van der Waals surface area (Å²) in [6, 6.07) is 103. The molecule has 0 aliphatic heterocycles. The zero-order valence-corrected chi connectivity index (χ0v) is 78.6. The second-order valence-corrected chi connectivity index (χ2v) is 39.8. The van der Waals surface area contributed by atoms with E-state index in [-0.39, 0.29) is 21.7 Å². The van der Waals surface area contributed by atoms with Crippen LogP contribution in [-0.4, -0.2) is 0 Å². The Morgan fingerprint density at radius 1 is 0.198 bits per heavy atom. The zero-order chi connectivity index (χ0) is 86.8. The van der Waals surface area contributed by atoms with Gasteiger partial charge in [0.2, 0.25) is 0 Å². The minimum absolute atomic E-state index is 0.0209. The largest absolute Gasteiger partial charge is 0.309 e. The van der Waals surface area contributed by atoms with Crippen molar-refractivity contribution in [1.29, 1.82) is 0 Å². The molecular weight excluding hydrogens is 1520 g/mol. The predicted octanol–water partition coefficient (Wildman–Crippen LogP) is 37.9. The third kappa shape index (κ3) is 17.3. The summed E-state index contributed by atoms with van der Waals surface area (Å²) in [5, 5.41) is 4.87. The first kappa shape index (κ1) is 88.0. The van der Waals surface area contributed by atoms with Crippen LogP contribution in [0.25, 0.3) is 88.3 Å². The van der Waals surface area contributed by atoms with Crippen LogP contribution >= 0.6 is 0 Å². The summed E-state index contributed by atoms with van der Waals surface area (Å²) in [6.07, 6.45) is 45.7. The molecule has 0 N–H and O–H groups in total. The van der Waals surface area contributed by atoms with Gasteiger partial charge in [-0.1, -0.05) is 431 Å². The Kier molecular flexibility index (Phi) is 27.7. The lowest BCUT2D eigenvalue weighted by molar-refractivity contribution is 0.399. The highest BCUT2D eigenvalue weighted by Crippen LogP contribution is 2.61. The van der Waals surface area contributed by atoms with Crippen LogP contribution in [-0.2, 0) is 34.5 Å². The van der Waals surface area contributed by atoms with Crippen LogP contribution in [0.3, 0.4) is 0 Å². The molecule has 650 valence electrons. The van der Waals surface area contributed by atoms with Gasteiger partial charge >= 0.3 is 0 Å². The number of rotatable bonds is 44. The summed E-state index contributed by atoms with van der Waals surface area (Å²) in [5.41, 5.74) is 37.7. The summed E-state index contributed by atoms with van der Waals surface area (Å²) in [5.74, 6) is 0. The number of benzene rings is 13. The highest BCUT2D eigenvalue weighted by molar-refractivity contribution is 6.23. The van der Waals surface area contributed by atoms with Gasteiger partial charge in [-0.25, -0.2) is 0 Å². The Morgan fingerprint density at radius 3 is 0.746 bits per heavy atom. The number of hydrogen-bond acceptors (Lipinski definition) is 2. The number of unbranched alkanes of at least 4 members (excludes halogenated alkanes) is 24. The molecule has 17 rings (SSSR count). The van der Waals surface area contributed by atoms with Crippen molar-refractivity contribution in [2.24, 2.45) is 0 Å². The van der Waals surface area contributed by atoms with Gasteiger partial charge in [0.1, 0.15) is 0 Å². The molecule has 4 aliphatic rings. The smallest absolute Gasteiger partial charge is 0.0619 e. The Balaban J connectivity index is 0.762. The summed E-state index contributed by atoms with van der Waals surface area (Å²) in [4.78, 5) is 5.30. The molecule has 0 saturated carbocycles. The van der Waals surface area contributed by atoms with Crippen molar-refractivity contribution >= 4 is 55.7 Å². The monoisotopic (exact) mass is 1660 g/mol. The van der Waals surface area contributed by atoms with E-state index in [4.69, 9.17) is 0 Å². The lowest BCUT2D eigenvalue weighted by Gasteiger charge is -2.34. The van der Waals surface area contributed by atoms with Crippen LogP contribution in [0.5, 0.6) is 0 Å². The standard InChI is InChI=1S/C124H144N2/c1-11-17-23-29-35-49-89-59-67-95(68-60-89)125(97-71-77-103-101-73-63-91(83-113(101)121(7,8)115(103)87-97)93-65-75-105-99-51-41-43-57-111(99)123(117(105)85-93,79-45-31-25-19-13-3)80-46-32-26-20-14-4)119-107-53-37-39-55-109(107)120(110-56-40-38-54-108(110)119)126(96-69-61-90(62-70-96)50-36-30-24-18-12-2)98-72-78-104-102-74-64-92(84-114(102)122(9,10)116(104)88-98)94-66-76-106-100-52-42-44-58-112(100)124(118(106)86-94,81-47-33-27-21-15-5)82-48-34-28-22-16-6/h37-44,51-78,83-88H,11-36,45-50,79-82H2,1-10H3. The maximum absolute atomic E-state index is 2.66. The maximum atomic E-state index is 2.66. The molecule has 4 aliphatic carbocycles. The lowest BCUT2D eigenvalue weighted by Crippen LogP contribution is -2.25. The van der Waals surface area contributed by atoms with Gasteiger partial charge in [0.05, 0.1) is 11.4 Å². The molecule has 13 aromatic rings. The van der Waals surface area contributed by atoms with E-state index in [1.807, 2.05) is 0 Å². The van der Waals surface area contributed by atoms with E-state index in [1.54, 1.807) is 22.3 Å². The molecule has 0 heterocycles. The van der Waals surface area contributed by atoms with Gasteiger partial charge in [0, 0.05) is 66.0 Å². The van der Waals surface area contributed by atoms with Crippen LogP contribution in [0.15, 0.2) is 255 Å². The molecule has 2 nitrogen and oxygen atoms in total. The molecule has 13 aromatic carbocycles. The van der Waals surface area contributed by atoms with Crippen LogP contribution in [0.4, 0.5) is 34.1 Å². The molecule has 0 amide bonds. The number of anilines is 6. The van der Waals surface area contributed by atoms with E-state index in [1.165, 1.54) is 374 Å². The van der Waals surface area contributed by atoms with E-state index in [9.17, 15) is 0 Å². The van der Waals surface area contributed by atoms with E-state index >= 15 is 0 Å². The molecule has 2 heteroatoms.